The molecule has 0 radical (unpaired) electrons. The molecule has 2 heteroatoms. The molecular formula is C12H13NO. The zero-order chi connectivity index (χ0) is 9.80. The zero-order valence-electron chi connectivity index (χ0n) is 8.18. The minimum absolute atomic E-state index is 0.869. The van der Waals surface area contributed by atoms with Gasteiger partial charge in [0.1, 0.15) is 0 Å². The van der Waals surface area contributed by atoms with Crippen LogP contribution < -0.4 is 4.90 Å². The second-order valence-electron chi connectivity index (χ2n) is 3.29. The molecule has 1 heterocycles. The lowest BCUT2D eigenvalue weighted by molar-refractivity contribution is 0.554. The molecule has 0 aliphatic rings. The van der Waals surface area contributed by atoms with Crippen molar-refractivity contribution in [1.29, 1.82) is 0 Å². The third-order valence-corrected chi connectivity index (χ3v) is 2.14. The Kier molecular flexibility index (Phi) is 2.54. The van der Waals surface area contributed by atoms with Crippen LogP contribution in [0.4, 0.5) is 5.88 Å². The highest BCUT2D eigenvalue weighted by atomic mass is 16.3. The molecule has 0 bridgehead atoms. The third-order valence-electron chi connectivity index (χ3n) is 2.14. The van der Waals surface area contributed by atoms with Crippen molar-refractivity contribution >= 4 is 5.88 Å². The Morgan fingerprint density at radius 1 is 1.07 bits per heavy atom. The molecule has 14 heavy (non-hydrogen) atoms. The summed E-state index contributed by atoms with van der Waals surface area (Å²) >= 11 is 0. The molecule has 0 saturated heterocycles. The van der Waals surface area contributed by atoms with E-state index in [2.05, 4.69) is 17.0 Å². The van der Waals surface area contributed by atoms with Crippen LogP contribution in [0.2, 0.25) is 0 Å². The molecule has 1 aromatic heterocycles. The largest absolute Gasteiger partial charge is 0.449 e. The number of benzene rings is 1. The van der Waals surface area contributed by atoms with Gasteiger partial charge in [0.2, 0.25) is 0 Å². The highest BCUT2D eigenvalue weighted by Gasteiger charge is 2.02. The average Bonchev–Trinajstić information content (AvgIpc) is 2.72. The Morgan fingerprint density at radius 3 is 2.50 bits per heavy atom. The van der Waals surface area contributed by atoms with E-state index < -0.39 is 0 Å². The first-order valence-electron chi connectivity index (χ1n) is 4.65. The molecule has 0 spiro atoms. The van der Waals surface area contributed by atoms with E-state index in [9.17, 15) is 0 Å². The van der Waals surface area contributed by atoms with E-state index in [1.54, 1.807) is 6.26 Å². The van der Waals surface area contributed by atoms with Crippen LogP contribution in [0.5, 0.6) is 0 Å². The quantitative estimate of drug-likeness (QED) is 0.734. The van der Waals surface area contributed by atoms with Gasteiger partial charge in [-0.05, 0) is 11.6 Å². The third kappa shape index (κ3) is 1.96. The fourth-order valence-electron chi connectivity index (χ4n) is 1.42. The molecule has 2 nitrogen and oxygen atoms in total. The second-order valence-corrected chi connectivity index (χ2v) is 3.29. The van der Waals surface area contributed by atoms with Crippen molar-refractivity contribution in [2.24, 2.45) is 0 Å². The van der Waals surface area contributed by atoms with Crippen LogP contribution in [-0.4, -0.2) is 7.05 Å². The molecule has 2 rings (SSSR count). The van der Waals surface area contributed by atoms with Crippen molar-refractivity contribution in [3.63, 3.8) is 0 Å². The summed E-state index contributed by atoms with van der Waals surface area (Å²) < 4.78 is 5.29. The maximum atomic E-state index is 5.29. The molecule has 0 saturated carbocycles. The summed E-state index contributed by atoms with van der Waals surface area (Å²) in [7, 11) is 2.02. The molecule has 0 fully saturated rings. The summed E-state index contributed by atoms with van der Waals surface area (Å²) in [6.45, 7) is 0.869. The Balaban J connectivity index is 2.06. The molecule has 0 aliphatic carbocycles. The summed E-state index contributed by atoms with van der Waals surface area (Å²) in [4.78, 5) is 2.08. The molecule has 0 unspecified atom stereocenters. The van der Waals surface area contributed by atoms with Crippen LogP contribution in [-0.2, 0) is 6.54 Å². The first-order valence-corrected chi connectivity index (χ1v) is 4.65. The van der Waals surface area contributed by atoms with E-state index in [1.807, 2.05) is 37.4 Å². The summed E-state index contributed by atoms with van der Waals surface area (Å²) in [6.07, 6.45) is 1.69. The molecular weight excluding hydrogens is 174 g/mol. The minimum Gasteiger partial charge on any atom is -0.449 e. The van der Waals surface area contributed by atoms with E-state index in [0.29, 0.717) is 0 Å². The van der Waals surface area contributed by atoms with Crippen molar-refractivity contribution in [3.05, 3.63) is 54.3 Å². The Hall–Kier alpha value is -1.70. The smallest absolute Gasteiger partial charge is 0.195 e. The fraction of sp³-hybridized carbons (Fsp3) is 0.167. The van der Waals surface area contributed by atoms with Gasteiger partial charge >= 0.3 is 0 Å². The van der Waals surface area contributed by atoms with Crippen molar-refractivity contribution in [3.8, 4) is 0 Å². The summed E-state index contributed by atoms with van der Waals surface area (Å²) in [5.41, 5.74) is 1.28. The lowest BCUT2D eigenvalue weighted by atomic mass is 10.2. The Bertz CT molecular complexity index is 366. The zero-order valence-corrected chi connectivity index (χ0v) is 8.18. The molecule has 0 N–H and O–H groups in total. The maximum absolute atomic E-state index is 5.29. The lowest BCUT2D eigenvalue weighted by Crippen LogP contribution is -2.15. The van der Waals surface area contributed by atoms with Gasteiger partial charge in [-0.25, -0.2) is 0 Å². The molecule has 1 aromatic carbocycles. The van der Waals surface area contributed by atoms with E-state index in [0.717, 1.165) is 12.4 Å². The van der Waals surface area contributed by atoms with Gasteiger partial charge < -0.3 is 9.32 Å². The average molecular weight is 187 g/mol. The summed E-state index contributed by atoms with van der Waals surface area (Å²) in [5.74, 6) is 0.897. The highest BCUT2D eigenvalue weighted by Crippen LogP contribution is 2.15. The normalized spacial score (nSPS) is 10.1. The van der Waals surface area contributed by atoms with Crippen LogP contribution in [0.1, 0.15) is 5.56 Å². The van der Waals surface area contributed by atoms with Gasteiger partial charge in [-0.3, -0.25) is 0 Å². The van der Waals surface area contributed by atoms with Gasteiger partial charge in [-0.1, -0.05) is 30.3 Å². The van der Waals surface area contributed by atoms with Crippen LogP contribution in [0.25, 0.3) is 0 Å². The molecule has 2 aromatic rings. The van der Waals surface area contributed by atoms with Gasteiger partial charge in [0.25, 0.3) is 0 Å². The summed E-state index contributed by atoms with van der Waals surface area (Å²) in [6, 6.07) is 14.2. The first kappa shape index (κ1) is 8.88. The lowest BCUT2D eigenvalue weighted by Gasteiger charge is -2.15. The van der Waals surface area contributed by atoms with Gasteiger partial charge in [0, 0.05) is 19.7 Å². The van der Waals surface area contributed by atoms with Gasteiger partial charge in [0.05, 0.1) is 6.26 Å². The van der Waals surface area contributed by atoms with Crippen LogP contribution >= 0.6 is 0 Å². The number of hydrogen-bond donors (Lipinski definition) is 0. The number of nitrogens with zero attached hydrogens (tertiary/aromatic N) is 1. The number of furan rings is 1. The molecule has 0 amide bonds. The second kappa shape index (κ2) is 4.01. The van der Waals surface area contributed by atoms with Gasteiger partial charge in [-0.15, -0.1) is 0 Å². The summed E-state index contributed by atoms with van der Waals surface area (Å²) in [5, 5.41) is 0. The predicted octanol–water partition coefficient (Wildman–Crippen LogP) is 2.92. The van der Waals surface area contributed by atoms with Crippen LogP contribution in [0.3, 0.4) is 0 Å². The molecule has 0 aliphatic heterocycles. The van der Waals surface area contributed by atoms with E-state index in [4.69, 9.17) is 4.42 Å². The van der Waals surface area contributed by atoms with Crippen molar-refractivity contribution < 1.29 is 4.42 Å². The van der Waals surface area contributed by atoms with E-state index in [-0.39, 0.29) is 0 Å². The van der Waals surface area contributed by atoms with Crippen molar-refractivity contribution in [2.45, 2.75) is 6.54 Å². The van der Waals surface area contributed by atoms with E-state index >= 15 is 0 Å². The van der Waals surface area contributed by atoms with Crippen LogP contribution in [0, 0.1) is 0 Å². The van der Waals surface area contributed by atoms with E-state index in [1.165, 1.54) is 5.56 Å². The van der Waals surface area contributed by atoms with Gasteiger partial charge in [0.15, 0.2) is 5.88 Å². The highest BCUT2D eigenvalue weighted by molar-refractivity contribution is 5.34. The van der Waals surface area contributed by atoms with Crippen LogP contribution in [0.15, 0.2) is 53.1 Å². The number of rotatable bonds is 3. The topological polar surface area (TPSA) is 16.4 Å². The maximum Gasteiger partial charge on any atom is 0.195 e. The predicted molar refractivity (Wildman–Crippen MR) is 57.3 cm³/mol. The monoisotopic (exact) mass is 187 g/mol. The standard InChI is InChI=1S/C12H13NO/c1-13(12-8-5-9-14-12)10-11-6-3-2-4-7-11/h2-9H,10H2,1H3. The Morgan fingerprint density at radius 2 is 1.86 bits per heavy atom. The van der Waals surface area contributed by atoms with Gasteiger partial charge in [-0.2, -0.15) is 0 Å². The minimum atomic E-state index is 0.869. The molecule has 0 atom stereocenters. The number of hydrogen-bond acceptors (Lipinski definition) is 2. The SMILES string of the molecule is CN(Cc1ccccc1)c1ccco1. The van der Waals surface area contributed by atoms with Crippen molar-refractivity contribution in [2.75, 3.05) is 11.9 Å². The fourth-order valence-corrected chi connectivity index (χ4v) is 1.42. The first-order chi connectivity index (χ1) is 6.86. The molecule has 72 valence electrons. The Labute approximate surface area is 83.8 Å². The van der Waals surface area contributed by atoms with Crippen molar-refractivity contribution in [1.82, 2.24) is 0 Å². The number of anilines is 1.